The first-order valence-electron chi connectivity index (χ1n) is 15.2. The first-order chi connectivity index (χ1) is 20.7. The molecule has 3 aromatic heterocycles. The number of aromatic nitrogens is 4. The van der Waals surface area contributed by atoms with Crippen molar-refractivity contribution in [2.24, 2.45) is 9.78 Å². The van der Waals surface area contributed by atoms with Crippen LogP contribution in [0.25, 0.3) is 16.9 Å². The lowest BCUT2D eigenvalue weighted by Gasteiger charge is -2.46. The number of rotatable bonds is 6. The lowest BCUT2D eigenvalue weighted by atomic mass is 9.71. The maximum absolute atomic E-state index is 15.7. The lowest BCUT2D eigenvalue weighted by molar-refractivity contribution is 0.0945. The molecule has 2 aliphatic heterocycles. The zero-order valence-electron chi connectivity index (χ0n) is 25.1. The molecule has 4 aromatic rings. The van der Waals surface area contributed by atoms with Gasteiger partial charge >= 0.3 is 0 Å². The third-order valence-corrected chi connectivity index (χ3v) is 9.90. The van der Waals surface area contributed by atoms with Gasteiger partial charge in [0.2, 0.25) is 5.95 Å². The predicted molar refractivity (Wildman–Crippen MR) is 171 cm³/mol. The van der Waals surface area contributed by atoms with Crippen molar-refractivity contribution >= 4 is 43.9 Å². The van der Waals surface area contributed by atoms with Crippen LogP contribution in [-0.4, -0.2) is 74.4 Å². The SMILES string of the molecule is CN1CCC2(CC1)CCN(c1ccc(Nc3ncc4c(F)c(C5CC5)n(-c5cccc(N=S(C)(C)=O)n5)c4n3)cc1)CC2. The van der Waals surface area contributed by atoms with Crippen LogP contribution in [0.1, 0.15) is 50.1 Å². The molecule has 0 atom stereocenters. The predicted octanol–water partition coefficient (Wildman–Crippen LogP) is 6.25. The Morgan fingerprint density at radius 3 is 2.35 bits per heavy atom. The van der Waals surface area contributed by atoms with E-state index in [1.807, 2.05) is 0 Å². The topological polar surface area (TPSA) is 91.5 Å². The van der Waals surface area contributed by atoms with E-state index in [2.05, 4.69) is 60.8 Å². The number of benzene rings is 1. The van der Waals surface area contributed by atoms with Crippen LogP contribution in [-0.2, 0) is 9.73 Å². The number of hydrogen-bond donors (Lipinski definition) is 1. The average Bonchev–Trinajstić information content (AvgIpc) is 3.78. The summed E-state index contributed by atoms with van der Waals surface area (Å²) in [5.74, 6) is 1.02. The van der Waals surface area contributed by atoms with Gasteiger partial charge in [-0.2, -0.15) is 9.35 Å². The Balaban J connectivity index is 1.13. The van der Waals surface area contributed by atoms with E-state index in [1.165, 1.54) is 44.5 Å². The van der Waals surface area contributed by atoms with Gasteiger partial charge in [0.25, 0.3) is 0 Å². The van der Waals surface area contributed by atoms with Crippen LogP contribution in [0.15, 0.2) is 53.0 Å². The van der Waals surface area contributed by atoms with Gasteiger partial charge in [0.1, 0.15) is 5.82 Å². The third kappa shape index (κ3) is 5.84. The number of nitrogens with zero attached hydrogens (tertiary/aromatic N) is 7. The Kier molecular flexibility index (Phi) is 7.12. The number of nitrogens with one attached hydrogen (secondary N) is 1. The highest BCUT2D eigenvalue weighted by atomic mass is 32.2. The number of hydrogen-bond acceptors (Lipinski definition) is 8. The summed E-state index contributed by atoms with van der Waals surface area (Å²) < 4.78 is 34.1. The molecule has 11 heteroatoms. The molecule has 1 saturated carbocycles. The maximum Gasteiger partial charge on any atom is 0.229 e. The summed E-state index contributed by atoms with van der Waals surface area (Å²) in [5, 5.41) is 3.67. The summed E-state index contributed by atoms with van der Waals surface area (Å²) in [6, 6.07) is 13.7. The monoisotopic (exact) mass is 602 g/mol. The second-order valence-electron chi connectivity index (χ2n) is 12.8. The van der Waals surface area contributed by atoms with Crippen LogP contribution in [0.3, 0.4) is 0 Å². The summed E-state index contributed by atoms with van der Waals surface area (Å²) in [4.78, 5) is 18.8. The van der Waals surface area contributed by atoms with E-state index in [4.69, 9.17) is 4.98 Å². The normalized spacial score (nSPS) is 19.2. The van der Waals surface area contributed by atoms with Crippen LogP contribution in [0, 0.1) is 11.2 Å². The Labute approximate surface area is 252 Å². The molecule has 43 heavy (non-hydrogen) atoms. The summed E-state index contributed by atoms with van der Waals surface area (Å²) in [6.45, 7) is 4.62. The fourth-order valence-electron chi connectivity index (χ4n) is 6.59. The summed E-state index contributed by atoms with van der Waals surface area (Å²) in [6.07, 6.45) is 11.7. The molecule has 1 aromatic carbocycles. The largest absolute Gasteiger partial charge is 0.371 e. The standard InChI is InChI=1S/C32H39FN8OS/c1-39-17-13-32(14-18-39)15-19-40(20-16-32)24-11-9-23(10-12-24)35-31-34-21-25-28(33)29(22-7-8-22)41(30(25)37-31)27-6-4-5-26(36-27)38-43(2,3)42/h4-6,9-12,21-22H,7-8,13-20H2,1-3H3,(H,34,35,37). The van der Waals surface area contributed by atoms with E-state index in [0.717, 1.165) is 31.6 Å². The van der Waals surface area contributed by atoms with Crippen molar-refractivity contribution in [3.63, 3.8) is 0 Å². The number of pyridine rings is 1. The van der Waals surface area contributed by atoms with E-state index < -0.39 is 9.73 Å². The Morgan fingerprint density at radius 1 is 0.977 bits per heavy atom. The highest BCUT2D eigenvalue weighted by molar-refractivity contribution is 7.92. The minimum absolute atomic E-state index is 0.103. The summed E-state index contributed by atoms with van der Waals surface area (Å²) in [7, 11) is -0.169. The van der Waals surface area contributed by atoms with Gasteiger partial charge < -0.3 is 15.1 Å². The fourth-order valence-corrected chi connectivity index (χ4v) is 7.14. The fraction of sp³-hybridized carbons (Fsp3) is 0.469. The van der Waals surface area contributed by atoms with Crippen molar-refractivity contribution in [3.8, 4) is 5.82 Å². The summed E-state index contributed by atoms with van der Waals surface area (Å²) >= 11 is 0. The van der Waals surface area contributed by atoms with Crippen LogP contribution in [0.4, 0.5) is 27.5 Å². The Bertz CT molecular complexity index is 1770. The molecule has 1 aliphatic carbocycles. The minimum atomic E-state index is -2.40. The van der Waals surface area contributed by atoms with Gasteiger partial charge in [-0.25, -0.2) is 18.6 Å². The van der Waals surface area contributed by atoms with Crippen molar-refractivity contribution < 1.29 is 8.60 Å². The van der Waals surface area contributed by atoms with E-state index in [1.54, 1.807) is 41.5 Å². The van der Waals surface area contributed by atoms with E-state index in [-0.39, 0.29) is 11.7 Å². The van der Waals surface area contributed by atoms with Crippen molar-refractivity contribution in [1.29, 1.82) is 0 Å². The summed E-state index contributed by atoms with van der Waals surface area (Å²) in [5.41, 5.74) is 3.63. The van der Waals surface area contributed by atoms with Crippen molar-refractivity contribution in [3.05, 3.63) is 60.2 Å². The molecule has 0 unspecified atom stereocenters. The van der Waals surface area contributed by atoms with Gasteiger partial charge in [-0.3, -0.25) is 4.57 Å². The smallest absolute Gasteiger partial charge is 0.229 e. The van der Waals surface area contributed by atoms with E-state index >= 15 is 4.39 Å². The Hall–Kier alpha value is -3.57. The van der Waals surface area contributed by atoms with Crippen molar-refractivity contribution in [2.45, 2.75) is 44.4 Å². The molecule has 3 aliphatic rings. The average molecular weight is 603 g/mol. The van der Waals surface area contributed by atoms with Crippen molar-refractivity contribution in [1.82, 2.24) is 24.4 Å². The molecule has 0 radical (unpaired) electrons. The van der Waals surface area contributed by atoms with Gasteiger partial charge in [0, 0.05) is 58.8 Å². The zero-order valence-corrected chi connectivity index (χ0v) is 25.9. The molecule has 5 heterocycles. The van der Waals surface area contributed by atoms with Gasteiger partial charge in [0.15, 0.2) is 17.3 Å². The van der Waals surface area contributed by atoms with Gasteiger partial charge in [-0.1, -0.05) is 6.07 Å². The number of likely N-dealkylation sites (tertiary alicyclic amines) is 1. The third-order valence-electron chi connectivity index (χ3n) is 9.27. The molecular formula is C32H39FN8OS. The first kappa shape index (κ1) is 28.2. The van der Waals surface area contributed by atoms with Crippen LogP contribution in [0.2, 0.25) is 0 Å². The van der Waals surface area contributed by atoms with Gasteiger partial charge in [-0.15, -0.1) is 0 Å². The minimum Gasteiger partial charge on any atom is -0.371 e. The second kappa shape index (κ2) is 10.9. The molecule has 0 amide bonds. The second-order valence-corrected chi connectivity index (χ2v) is 15.4. The molecule has 2 saturated heterocycles. The van der Waals surface area contributed by atoms with Crippen LogP contribution in [0.5, 0.6) is 0 Å². The Morgan fingerprint density at radius 2 is 1.67 bits per heavy atom. The molecule has 9 nitrogen and oxygen atoms in total. The van der Waals surface area contributed by atoms with Crippen molar-refractivity contribution in [2.75, 3.05) is 56.0 Å². The number of halogens is 1. The van der Waals surface area contributed by atoms with E-state index in [0.29, 0.717) is 39.7 Å². The molecular weight excluding hydrogens is 563 g/mol. The van der Waals surface area contributed by atoms with Crippen LogP contribution < -0.4 is 10.2 Å². The lowest BCUT2D eigenvalue weighted by Crippen LogP contribution is -2.46. The number of fused-ring (bicyclic) bond motifs is 1. The zero-order chi connectivity index (χ0) is 29.8. The first-order valence-corrected chi connectivity index (χ1v) is 17.5. The molecule has 226 valence electrons. The number of anilines is 3. The van der Waals surface area contributed by atoms with Gasteiger partial charge in [-0.05, 0) is 100 Å². The molecule has 7 rings (SSSR count). The highest BCUT2D eigenvalue weighted by Crippen LogP contribution is 2.45. The van der Waals surface area contributed by atoms with Crippen LogP contribution >= 0.6 is 0 Å². The molecule has 1 N–H and O–H groups in total. The van der Waals surface area contributed by atoms with E-state index in [9.17, 15) is 4.21 Å². The molecule has 3 fully saturated rings. The molecule has 1 spiro atoms. The quantitative estimate of drug-likeness (QED) is 0.279. The number of piperidine rings is 2. The maximum atomic E-state index is 15.7. The molecule has 0 bridgehead atoms. The van der Waals surface area contributed by atoms with Gasteiger partial charge in [0.05, 0.1) is 11.1 Å². The highest BCUT2D eigenvalue weighted by Gasteiger charge is 2.37.